The van der Waals surface area contributed by atoms with Crippen LogP contribution in [-0.4, -0.2) is 28.9 Å². The predicted molar refractivity (Wildman–Crippen MR) is 75.6 cm³/mol. The van der Waals surface area contributed by atoms with E-state index in [0.29, 0.717) is 16.8 Å². The molecule has 1 amide bonds. The van der Waals surface area contributed by atoms with Gasteiger partial charge in [0.1, 0.15) is 5.82 Å². The minimum atomic E-state index is 0.0719. The molecule has 0 spiro atoms. The number of likely N-dealkylation sites (tertiary alicyclic amines) is 1. The molecule has 2 heterocycles. The molecule has 19 heavy (non-hydrogen) atoms. The lowest BCUT2D eigenvalue weighted by Crippen LogP contribution is -2.31. The minimum Gasteiger partial charge on any atom is -0.338 e. The van der Waals surface area contributed by atoms with Crippen LogP contribution in [0.4, 0.5) is 5.82 Å². The van der Waals surface area contributed by atoms with E-state index in [4.69, 9.17) is 5.84 Å². The second-order valence-corrected chi connectivity index (χ2v) is 5.26. The molecule has 1 aliphatic heterocycles. The maximum Gasteiger partial charge on any atom is 0.254 e. The van der Waals surface area contributed by atoms with E-state index in [0.717, 1.165) is 32.4 Å². The first-order valence-electron chi connectivity index (χ1n) is 6.86. The lowest BCUT2D eigenvalue weighted by molar-refractivity contribution is 0.0770. The zero-order valence-corrected chi connectivity index (χ0v) is 11.6. The molecule has 0 bridgehead atoms. The van der Waals surface area contributed by atoms with Crippen LogP contribution < -0.4 is 11.3 Å². The van der Waals surface area contributed by atoms with Crippen molar-refractivity contribution in [3.8, 4) is 0 Å². The maximum absolute atomic E-state index is 12.5. The van der Waals surface area contributed by atoms with Crippen LogP contribution in [0.5, 0.6) is 0 Å². The van der Waals surface area contributed by atoms with Crippen LogP contribution >= 0.6 is 0 Å². The Labute approximate surface area is 114 Å². The standard InChI is InChI=1S/C14H22N4O/c1-3-14(4-2)6-8-18(10-14)13(19)11-5-7-16-12(9-11)17-15/h5,7,9H,3-4,6,8,10,15H2,1-2H3,(H,16,17). The van der Waals surface area contributed by atoms with Crippen molar-refractivity contribution >= 4 is 11.7 Å². The van der Waals surface area contributed by atoms with Crippen LogP contribution in [0, 0.1) is 5.41 Å². The van der Waals surface area contributed by atoms with E-state index in [2.05, 4.69) is 24.3 Å². The van der Waals surface area contributed by atoms with Crippen molar-refractivity contribution in [1.82, 2.24) is 9.88 Å². The number of amides is 1. The molecular weight excluding hydrogens is 240 g/mol. The van der Waals surface area contributed by atoms with Crippen LogP contribution in [0.2, 0.25) is 0 Å². The fourth-order valence-corrected chi connectivity index (χ4v) is 2.76. The van der Waals surface area contributed by atoms with Gasteiger partial charge in [-0.05, 0) is 36.8 Å². The Hall–Kier alpha value is -1.62. The van der Waals surface area contributed by atoms with E-state index in [-0.39, 0.29) is 5.91 Å². The molecule has 104 valence electrons. The van der Waals surface area contributed by atoms with Crippen molar-refractivity contribution in [2.45, 2.75) is 33.1 Å². The molecule has 0 atom stereocenters. The van der Waals surface area contributed by atoms with Crippen LogP contribution in [0.15, 0.2) is 18.3 Å². The Balaban J connectivity index is 2.13. The number of aromatic nitrogens is 1. The Bertz CT molecular complexity index is 457. The van der Waals surface area contributed by atoms with Gasteiger partial charge in [-0.25, -0.2) is 10.8 Å². The van der Waals surface area contributed by atoms with E-state index in [1.807, 2.05) is 4.90 Å². The summed E-state index contributed by atoms with van der Waals surface area (Å²) in [5.74, 6) is 5.91. The van der Waals surface area contributed by atoms with Gasteiger partial charge in [-0.15, -0.1) is 0 Å². The van der Waals surface area contributed by atoms with Crippen molar-refractivity contribution in [3.05, 3.63) is 23.9 Å². The van der Waals surface area contributed by atoms with Gasteiger partial charge in [0.15, 0.2) is 0 Å². The quantitative estimate of drug-likeness (QED) is 0.643. The average molecular weight is 262 g/mol. The van der Waals surface area contributed by atoms with Crippen molar-refractivity contribution in [1.29, 1.82) is 0 Å². The summed E-state index contributed by atoms with van der Waals surface area (Å²) in [5.41, 5.74) is 3.42. The van der Waals surface area contributed by atoms with E-state index in [1.165, 1.54) is 0 Å². The summed E-state index contributed by atoms with van der Waals surface area (Å²) in [7, 11) is 0. The lowest BCUT2D eigenvalue weighted by atomic mass is 9.82. The summed E-state index contributed by atoms with van der Waals surface area (Å²) in [5, 5.41) is 0. The molecule has 0 radical (unpaired) electrons. The zero-order chi connectivity index (χ0) is 13.9. The SMILES string of the molecule is CCC1(CC)CCN(C(=O)c2ccnc(NN)c2)C1. The van der Waals surface area contributed by atoms with Crippen molar-refractivity contribution in [2.24, 2.45) is 11.3 Å². The first-order valence-corrected chi connectivity index (χ1v) is 6.86. The summed E-state index contributed by atoms with van der Waals surface area (Å²) >= 11 is 0. The van der Waals surface area contributed by atoms with Crippen LogP contribution in [0.3, 0.4) is 0 Å². The van der Waals surface area contributed by atoms with Crippen LogP contribution in [0.1, 0.15) is 43.5 Å². The maximum atomic E-state index is 12.5. The normalized spacial score (nSPS) is 17.5. The van der Waals surface area contributed by atoms with Crippen LogP contribution in [0.25, 0.3) is 0 Å². The summed E-state index contributed by atoms with van der Waals surface area (Å²) in [4.78, 5) is 18.4. The molecule has 0 aromatic carbocycles. The van der Waals surface area contributed by atoms with E-state index < -0.39 is 0 Å². The number of hydrazine groups is 1. The molecule has 3 N–H and O–H groups in total. The van der Waals surface area contributed by atoms with Crippen molar-refractivity contribution in [2.75, 3.05) is 18.5 Å². The fraction of sp³-hybridized carbons (Fsp3) is 0.571. The van der Waals surface area contributed by atoms with Gasteiger partial charge in [0.25, 0.3) is 5.91 Å². The van der Waals surface area contributed by atoms with Gasteiger partial charge in [0.2, 0.25) is 0 Å². The fourth-order valence-electron chi connectivity index (χ4n) is 2.76. The summed E-state index contributed by atoms with van der Waals surface area (Å²) in [6.45, 7) is 6.11. The molecule has 1 aromatic rings. The number of carbonyl (C=O) groups is 1. The number of hydrogen-bond donors (Lipinski definition) is 2. The summed E-state index contributed by atoms with van der Waals surface area (Å²) in [6, 6.07) is 3.43. The minimum absolute atomic E-state index is 0.0719. The zero-order valence-electron chi connectivity index (χ0n) is 11.6. The number of nitrogens with two attached hydrogens (primary N) is 1. The van der Waals surface area contributed by atoms with Crippen molar-refractivity contribution in [3.63, 3.8) is 0 Å². The van der Waals surface area contributed by atoms with Gasteiger partial charge < -0.3 is 10.3 Å². The van der Waals surface area contributed by atoms with E-state index in [1.54, 1.807) is 18.3 Å². The number of pyridine rings is 1. The molecule has 0 saturated carbocycles. The molecule has 1 fully saturated rings. The number of nitrogen functional groups attached to an aromatic ring is 1. The topological polar surface area (TPSA) is 71.2 Å². The first kappa shape index (κ1) is 13.8. The number of nitrogens with zero attached hydrogens (tertiary/aromatic N) is 2. The Morgan fingerprint density at radius 3 is 2.84 bits per heavy atom. The highest BCUT2D eigenvalue weighted by atomic mass is 16.2. The van der Waals surface area contributed by atoms with Crippen LogP contribution in [-0.2, 0) is 0 Å². The molecule has 1 saturated heterocycles. The molecule has 1 aromatic heterocycles. The number of rotatable bonds is 4. The van der Waals surface area contributed by atoms with Gasteiger partial charge in [-0.2, -0.15) is 0 Å². The highest BCUT2D eigenvalue weighted by molar-refractivity contribution is 5.95. The Morgan fingerprint density at radius 1 is 1.53 bits per heavy atom. The molecule has 0 aliphatic carbocycles. The summed E-state index contributed by atoms with van der Waals surface area (Å²) in [6.07, 6.45) is 4.95. The molecule has 5 nitrogen and oxygen atoms in total. The predicted octanol–water partition coefficient (Wildman–Crippen LogP) is 2.02. The largest absolute Gasteiger partial charge is 0.338 e. The Morgan fingerprint density at radius 2 is 2.26 bits per heavy atom. The number of anilines is 1. The van der Waals surface area contributed by atoms with Crippen molar-refractivity contribution < 1.29 is 4.79 Å². The average Bonchev–Trinajstić information content (AvgIpc) is 2.91. The van der Waals surface area contributed by atoms with Gasteiger partial charge >= 0.3 is 0 Å². The van der Waals surface area contributed by atoms with E-state index in [9.17, 15) is 4.79 Å². The lowest BCUT2D eigenvalue weighted by Gasteiger charge is -2.26. The van der Waals surface area contributed by atoms with Gasteiger partial charge in [-0.1, -0.05) is 13.8 Å². The van der Waals surface area contributed by atoms with Gasteiger partial charge in [0, 0.05) is 24.8 Å². The monoisotopic (exact) mass is 262 g/mol. The second kappa shape index (κ2) is 5.57. The smallest absolute Gasteiger partial charge is 0.254 e. The molecule has 1 aliphatic rings. The third kappa shape index (κ3) is 2.71. The number of carbonyl (C=O) groups excluding carboxylic acids is 1. The summed E-state index contributed by atoms with van der Waals surface area (Å²) < 4.78 is 0. The Kier molecular flexibility index (Phi) is 4.04. The molecular formula is C14H22N4O. The molecule has 5 heteroatoms. The highest BCUT2D eigenvalue weighted by Gasteiger charge is 2.37. The second-order valence-electron chi connectivity index (χ2n) is 5.26. The molecule has 0 unspecified atom stereocenters. The van der Waals surface area contributed by atoms with E-state index >= 15 is 0 Å². The molecule has 2 rings (SSSR count). The third-order valence-electron chi connectivity index (χ3n) is 4.38. The third-order valence-corrected chi connectivity index (χ3v) is 4.38. The number of nitrogens with one attached hydrogen (secondary N) is 1. The van der Waals surface area contributed by atoms with Gasteiger partial charge in [0.05, 0.1) is 0 Å². The van der Waals surface area contributed by atoms with Gasteiger partial charge in [-0.3, -0.25) is 4.79 Å². The highest BCUT2D eigenvalue weighted by Crippen LogP contribution is 2.37. The number of hydrogen-bond acceptors (Lipinski definition) is 4. The first-order chi connectivity index (χ1) is 9.14.